The van der Waals surface area contributed by atoms with E-state index in [2.05, 4.69) is 10.2 Å². The fraction of sp³-hybridized carbons (Fsp3) is 0.467. The molecular formula is C15H19N3O4. The summed E-state index contributed by atoms with van der Waals surface area (Å²) in [6.07, 6.45) is 1.60. The topological polar surface area (TPSA) is 92.6 Å². The van der Waals surface area contributed by atoms with Crippen molar-refractivity contribution in [1.29, 1.82) is 0 Å². The van der Waals surface area contributed by atoms with E-state index >= 15 is 0 Å². The Hall–Kier alpha value is -2.28. The smallest absolute Gasteiger partial charge is 0.269 e. The number of ketones is 1. The van der Waals surface area contributed by atoms with Crippen LogP contribution in [0.4, 0.5) is 5.69 Å². The Labute approximate surface area is 128 Å². The highest BCUT2D eigenvalue weighted by molar-refractivity contribution is 5.94. The van der Waals surface area contributed by atoms with Gasteiger partial charge in [-0.25, -0.2) is 0 Å². The first-order valence-corrected chi connectivity index (χ1v) is 7.23. The molecule has 1 fully saturated rings. The number of nitro groups is 1. The number of hydrogen-bond donors (Lipinski definition) is 1. The van der Waals surface area contributed by atoms with Crippen LogP contribution in [-0.2, 0) is 4.79 Å². The number of Topliss-reactive ketones (excluding diaryl/α,β-unsaturated/α-hetero) is 1. The minimum Gasteiger partial charge on any atom is -0.349 e. The molecule has 1 heterocycles. The molecule has 1 aliphatic heterocycles. The quantitative estimate of drug-likeness (QED) is 0.655. The molecular weight excluding hydrogens is 286 g/mol. The van der Waals surface area contributed by atoms with Crippen LogP contribution in [0.2, 0.25) is 0 Å². The molecule has 1 amide bonds. The molecule has 0 radical (unpaired) electrons. The Bertz CT molecular complexity index is 563. The van der Waals surface area contributed by atoms with Gasteiger partial charge < -0.3 is 5.32 Å². The number of carbonyl (C=O) groups is 2. The molecule has 0 spiro atoms. The van der Waals surface area contributed by atoms with E-state index in [-0.39, 0.29) is 23.4 Å². The van der Waals surface area contributed by atoms with Crippen LogP contribution in [0.1, 0.15) is 30.1 Å². The minimum atomic E-state index is -0.494. The van der Waals surface area contributed by atoms with Gasteiger partial charge in [-0.2, -0.15) is 0 Å². The van der Waals surface area contributed by atoms with Gasteiger partial charge in [-0.15, -0.1) is 0 Å². The second-order valence-corrected chi connectivity index (χ2v) is 5.53. The van der Waals surface area contributed by atoms with E-state index in [4.69, 9.17) is 0 Å². The van der Waals surface area contributed by atoms with E-state index in [1.807, 2.05) is 0 Å². The maximum absolute atomic E-state index is 12.1. The summed E-state index contributed by atoms with van der Waals surface area (Å²) in [4.78, 5) is 35.3. The lowest BCUT2D eigenvalue weighted by atomic mass is 10.0. The number of piperidine rings is 1. The van der Waals surface area contributed by atoms with Crippen molar-refractivity contribution in [2.75, 3.05) is 19.6 Å². The molecule has 7 nitrogen and oxygen atoms in total. The van der Waals surface area contributed by atoms with Gasteiger partial charge in [0, 0.05) is 36.8 Å². The molecule has 1 aliphatic rings. The highest BCUT2D eigenvalue weighted by atomic mass is 16.6. The summed E-state index contributed by atoms with van der Waals surface area (Å²) in [5, 5.41) is 13.5. The number of nitrogens with zero attached hydrogens (tertiary/aromatic N) is 2. The summed E-state index contributed by atoms with van der Waals surface area (Å²) in [6, 6.07) is 5.64. The molecule has 1 aromatic carbocycles. The average molecular weight is 305 g/mol. The number of hydrogen-bond acceptors (Lipinski definition) is 5. The Morgan fingerprint density at radius 2 is 1.86 bits per heavy atom. The number of nitro benzene ring substituents is 1. The van der Waals surface area contributed by atoms with Crippen molar-refractivity contribution < 1.29 is 14.5 Å². The third-order valence-corrected chi connectivity index (χ3v) is 3.71. The Morgan fingerprint density at radius 3 is 2.36 bits per heavy atom. The number of rotatable bonds is 5. The van der Waals surface area contributed by atoms with Crippen LogP contribution in [0, 0.1) is 10.1 Å². The van der Waals surface area contributed by atoms with Crippen LogP contribution >= 0.6 is 0 Å². The van der Waals surface area contributed by atoms with Crippen molar-refractivity contribution in [3.8, 4) is 0 Å². The first-order valence-electron chi connectivity index (χ1n) is 7.23. The van der Waals surface area contributed by atoms with Gasteiger partial charge >= 0.3 is 0 Å². The summed E-state index contributed by atoms with van der Waals surface area (Å²) in [5.74, 6) is -0.0757. The molecule has 0 aliphatic carbocycles. The van der Waals surface area contributed by atoms with Crippen LogP contribution < -0.4 is 5.32 Å². The lowest BCUT2D eigenvalue weighted by Gasteiger charge is -2.31. The molecule has 118 valence electrons. The van der Waals surface area contributed by atoms with Gasteiger partial charge in [-0.05, 0) is 31.9 Å². The third-order valence-electron chi connectivity index (χ3n) is 3.71. The fourth-order valence-corrected chi connectivity index (χ4v) is 2.55. The Balaban J connectivity index is 1.85. The Kier molecular flexibility index (Phi) is 5.21. The van der Waals surface area contributed by atoms with Crippen LogP contribution in [0.25, 0.3) is 0 Å². The first kappa shape index (κ1) is 16.1. The fourth-order valence-electron chi connectivity index (χ4n) is 2.55. The summed E-state index contributed by atoms with van der Waals surface area (Å²) in [6.45, 7) is 3.60. The van der Waals surface area contributed by atoms with Crippen LogP contribution in [0.3, 0.4) is 0 Å². The number of nitrogens with one attached hydrogen (secondary N) is 1. The number of non-ortho nitro benzene ring substituents is 1. The number of benzene rings is 1. The lowest BCUT2D eigenvalue weighted by Crippen LogP contribution is -2.45. The van der Waals surface area contributed by atoms with Crippen molar-refractivity contribution in [2.24, 2.45) is 0 Å². The number of likely N-dealkylation sites (tertiary alicyclic amines) is 1. The van der Waals surface area contributed by atoms with Gasteiger partial charge in [0.05, 0.1) is 11.5 Å². The van der Waals surface area contributed by atoms with E-state index in [0.717, 1.165) is 25.9 Å². The maximum atomic E-state index is 12.1. The molecule has 0 bridgehead atoms. The molecule has 0 atom stereocenters. The van der Waals surface area contributed by atoms with Gasteiger partial charge in [-0.1, -0.05) is 0 Å². The van der Waals surface area contributed by atoms with E-state index in [1.54, 1.807) is 6.92 Å². The second-order valence-electron chi connectivity index (χ2n) is 5.53. The Morgan fingerprint density at radius 1 is 1.27 bits per heavy atom. The van der Waals surface area contributed by atoms with E-state index in [9.17, 15) is 19.7 Å². The van der Waals surface area contributed by atoms with E-state index < -0.39 is 4.92 Å². The predicted octanol–water partition coefficient (Wildman–Crippen LogP) is 1.38. The van der Waals surface area contributed by atoms with E-state index in [1.165, 1.54) is 24.3 Å². The largest absolute Gasteiger partial charge is 0.349 e. The van der Waals surface area contributed by atoms with Gasteiger partial charge in [0.2, 0.25) is 0 Å². The molecule has 1 saturated heterocycles. The number of carbonyl (C=O) groups excluding carboxylic acids is 2. The van der Waals surface area contributed by atoms with Crippen molar-refractivity contribution in [2.45, 2.75) is 25.8 Å². The molecule has 0 aromatic heterocycles. The highest BCUT2D eigenvalue weighted by Crippen LogP contribution is 2.14. The molecule has 1 N–H and O–H groups in total. The molecule has 22 heavy (non-hydrogen) atoms. The molecule has 1 aromatic rings. The average Bonchev–Trinajstić information content (AvgIpc) is 2.49. The van der Waals surface area contributed by atoms with Gasteiger partial charge in [0.1, 0.15) is 5.78 Å². The lowest BCUT2D eigenvalue weighted by molar-refractivity contribution is -0.384. The molecule has 2 rings (SSSR count). The zero-order valence-electron chi connectivity index (χ0n) is 12.4. The summed E-state index contributed by atoms with van der Waals surface area (Å²) in [5.41, 5.74) is 0.380. The summed E-state index contributed by atoms with van der Waals surface area (Å²) >= 11 is 0. The van der Waals surface area contributed by atoms with Crippen molar-refractivity contribution in [3.63, 3.8) is 0 Å². The first-order chi connectivity index (χ1) is 10.5. The zero-order chi connectivity index (χ0) is 16.1. The van der Waals surface area contributed by atoms with E-state index in [0.29, 0.717) is 12.1 Å². The molecule has 0 unspecified atom stereocenters. The van der Waals surface area contributed by atoms with Crippen LogP contribution in [0.5, 0.6) is 0 Å². The third kappa shape index (κ3) is 4.36. The monoisotopic (exact) mass is 305 g/mol. The standard InChI is InChI=1S/C15H19N3O4/c1-11(19)10-17-8-6-13(7-9-17)16-15(20)12-2-4-14(5-3-12)18(21)22/h2-5,13H,6-10H2,1H3,(H,16,20). The van der Waals surface area contributed by atoms with Crippen LogP contribution in [0.15, 0.2) is 24.3 Å². The van der Waals surface area contributed by atoms with Gasteiger partial charge in [0.15, 0.2) is 0 Å². The highest BCUT2D eigenvalue weighted by Gasteiger charge is 2.21. The van der Waals surface area contributed by atoms with Gasteiger partial charge in [0.25, 0.3) is 11.6 Å². The van der Waals surface area contributed by atoms with Gasteiger partial charge in [-0.3, -0.25) is 24.6 Å². The minimum absolute atomic E-state index is 0.0332. The van der Waals surface area contributed by atoms with Crippen LogP contribution in [-0.4, -0.2) is 47.2 Å². The van der Waals surface area contributed by atoms with Crippen molar-refractivity contribution >= 4 is 17.4 Å². The number of amides is 1. The SMILES string of the molecule is CC(=O)CN1CCC(NC(=O)c2ccc([N+](=O)[O-])cc2)CC1. The predicted molar refractivity (Wildman–Crippen MR) is 80.7 cm³/mol. The van der Waals surface area contributed by atoms with Crippen molar-refractivity contribution in [3.05, 3.63) is 39.9 Å². The summed E-state index contributed by atoms with van der Waals surface area (Å²) in [7, 11) is 0. The second kappa shape index (κ2) is 7.13. The molecule has 0 saturated carbocycles. The maximum Gasteiger partial charge on any atom is 0.269 e. The molecule has 7 heteroatoms. The normalized spacial score (nSPS) is 16.2. The summed E-state index contributed by atoms with van der Waals surface area (Å²) < 4.78 is 0. The van der Waals surface area contributed by atoms with Crippen molar-refractivity contribution in [1.82, 2.24) is 10.2 Å². The zero-order valence-corrected chi connectivity index (χ0v) is 12.4.